The van der Waals surface area contributed by atoms with Crippen LogP contribution in [0.25, 0.3) is 10.2 Å². The number of rotatable bonds is 2. The molecule has 0 spiro atoms. The minimum atomic E-state index is -0.163. The van der Waals surface area contributed by atoms with Gasteiger partial charge in [0.05, 0.1) is 11.4 Å². The molecule has 21 heavy (non-hydrogen) atoms. The van der Waals surface area contributed by atoms with Crippen LogP contribution in [0.15, 0.2) is 11.0 Å². The smallest absolute Gasteiger partial charge is 0.263 e. The number of hydrogen-bond acceptors (Lipinski definition) is 5. The summed E-state index contributed by atoms with van der Waals surface area (Å²) in [6.07, 6.45) is 1.83. The van der Waals surface area contributed by atoms with Crippen LogP contribution in [-0.2, 0) is 0 Å². The van der Waals surface area contributed by atoms with E-state index in [4.69, 9.17) is 12.2 Å². The monoisotopic (exact) mass is 337 g/mol. The number of thiophene rings is 1. The number of hydrogen-bond donors (Lipinski definition) is 1. The Morgan fingerprint density at radius 3 is 2.67 bits per heavy atom. The number of nitrogens with one attached hydrogen (secondary N) is 1. The molecule has 3 rings (SSSR count). The largest absolute Gasteiger partial charge is 0.323 e. The van der Waals surface area contributed by atoms with Crippen molar-refractivity contribution in [1.29, 1.82) is 0 Å². The highest BCUT2D eigenvalue weighted by Gasteiger charge is 2.19. The third kappa shape index (κ3) is 2.29. The molecule has 0 aliphatic rings. The number of nitrogens with zero attached hydrogens (tertiary/aromatic N) is 2. The molecule has 0 fully saturated rings. The molecular weight excluding hydrogens is 322 g/mol. The highest BCUT2D eigenvalue weighted by molar-refractivity contribution is 7.71. The molecule has 110 valence electrons. The third-order valence-corrected chi connectivity index (χ3v) is 6.15. The molecule has 0 amide bonds. The fourth-order valence-corrected chi connectivity index (χ4v) is 4.65. The average Bonchev–Trinajstić information content (AvgIpc) is 2.95. The molecule has 3 aromatic heterocycles. The number of fused-ring (bicyclic) bond motifs is 1. The van der Waals surface area contributed by atoms with Gasteiger partial charge in [-0.2, -0.15) is 0 Å². The molecule has 4 nitrogen and oxygen atoms in total. The first kappa shape index (κ1) is 14.6. The molecule has 0 radical (unpaired) electrons. The Balaban J connectivity index is 2.30. The number of aryl methyl sites for hydroxylation is 3. The lowest BCUT2D eigenvalue weighted by Gasteiger charge is -2.13. The van der Waals surface area contributed by atoms with Crippen LogP contribution in [0.4, 0.5) is 0 Å². The Hall–Kier alpha value is -1.31. The van der Waals surface area contributed by atoms with Crippen molar-refractivity contribution in [2.45, 2.75) is 33.7 Å². The molecule has 1 atom stereocenters. The molecular formula is C14H15N3OS3. The lowest BCUT2D eigenvalue weighted by molar-refractivity contribution is 0.596. The van der Waals surface area contributed by atoms with Gasteiger partial charge in [-0.05, 0) is 45.5 Å². The van der Waals surface area contributed by atoms with Gasteiger partial charge in [0.1, 0.15) is 9.84 Å². The summed E-state index contributed by atoms with van der Waals surface area (Å²) in [4.78, 5) is 23.6. The number of thiazole rings is 1. The molecule has 0 saturated carbocycles. The second-order valence-electron chi connectivity index (χ2n) is 5.08. The van der Waals surface area contributed by atoms with Crippen LogP contribution in [0.1, 0.15) is 33.3 Å². The maximum absolute atomic E-state index is 12.9. The second kappa shape index (κ2) is 5.15. The van der Waals surface area contributed by atoms with Crippen molar-refractivity contribution in [2.75, 3.05) is 0 Å². The summed E-state index contributed by atoms with van der Waals surface area (Å²) < 4.78 is 2.09. The molecule has 0 saturated heterocycles. The number of H-pyrrole nitrogens is 1. The lowest BCUT2D eigenvalue weighted by Crippen LogP contribution is -2.25. The van der Waals surface area contributed by atoms with Gasteiger partial charge >= 0.3 is 0 Å². The van der Waals surface area contributed by atoms with Crippen LogP contribution in [0.5, 0.6) is 0 Å². The Morgan fingerprint density at radius 1 is 1.33 bits per heavy atom. The van der Waals surface area contributed by atoms with Crippen LogP contribution in [-0.4, -0.2) is 14.5 Å². The highest BCUT2D eigenvalue weighted by Crippen LogP contribution is 2.28. The van der Waals surface area contributed by atoms with Gasteiger partial charge in [0, 0.05) is 16.0 Å². The van der Waals surface area contributed by atoms with Crippen LogP contribution < -0.4 is 5.56 Å². The lowest BCUT2D eigenvalue weighted by atomic mass is 10.2. The van der Waals surface area contributed by atoms with Gasteiger partial charge in [0.15, 0.2) is 4.77 Å². The van der Waals surface area contributed by atoms with E-state index in [1.807, 2.05) is 33.9 Å². The standard InChI is InChI=1S/C14H15N3OS3/c1-6-5-15-11(20-6)8(3)17-13(18)10-7(2)9(4)21-12(10)16-14(17)19/h5,8H,1-4H3,(H,16,19). The molecule has 0 aliphatic heterocycles. The van der Waals surface area contributed by atoms with Crippen LogP contribution in [0.3, 0.4) is 0 Å². The van der Waals surface area contributed by atoms with Gasteiger partial charge in [-0.15, -0.1) is 22.7 Å². The number of aromatic nitrogens is 3. The van der Waals surface area contributed by atoms with Gasteiger partial charge < -0.3 is 4.98 Å². The Bertz CT molecular complexity index is 945. The average molecular weight is 337 g/mol. The van der Waals surface area contributed by atoms with E-state index >= 15 is 0 Å². The summed E-state index contributed by atoms with van der Waals surface area (Å²) in [6, 6.07) is -0.163. The Morgan fingerprint density at radius 2 is 2.05 bits per heavy atom. The van der Waals surface area contributed by atoms with Crippen molar-refractivity contribution in [3.8, 4) is 0 Å². The molecule has 3 heterocycles. The van der Waals surface area contributed by atoms with E-state index < -0.39 is 0 Å². The Kier molecular flexibility index (Phi) is 3.59. The molecule has 0 bridgehead atoms. The fraction of sp³-hybridized carbons (Fsp3) is 0.357. The first-order valence-electron chi connectivity index (χ1n) is 6.57. The highest BCUT2D eigenvalue weighted by atomic mass is 32.1. The molecule has 1 unspecified atom stereocenters. The predicted molar refractivity (Wildman–Crippen MR) is 91.4 cm³/mol. The molecule has 0 aliphatic carbocycles. The van der Waals surface area contributed by atoms with Crippen molar-refractivity contribution in [2.24, 2.45) is 0 Å². The summed E-state index contributed by atoms with van der Waals surface area (Å²) in [7, 11) is 0. The van der Waals surface area contributed by atoms with E-state index in [1.54, 1.807) is 27.2 Å². The maximum Gasteiger partial charge on any atom is 0.263 e. The van der Waals surface area contributed by atoms with Gasteiger partial charge in [-0.1, -0.05) is 0 Å². The van der Waals surface area contributed by atoms with Gasteiger partial charge in [0.2, 0.25) is 0 Å². The molecule has 1 N–H and O–H groups in total. The van der Waals surface area contributed by atoms with Crippen molar-refractivity contribution >= 4 is 45.1 Å². The van der Waals surface area contributed by atoms with Crippen molar-refractivity contribution < 1.29 is 0 Å². The van der Waals surface area contributed by atoms with E-state index in [2.05, 4.69) is 9.97 Å². The molecule has 3 aromatic rings. The summed E-state index contributed by atoms with van der Waals surface area (Å²) in [5.74, 6) is 0. The van der Waals surface area contributed by atoms with Gasteiger partial charge in [0.25, 0.3) is 5.56 Å². The minimum absolute atomic E-state index is 0.0315. The van der Waals surface area contributed by atoms with E-state index in [9.17, 15) is 4.79 Å². The second-order valence-corrected chi connectivity index (χ2v) is 7.96. The zero-order valence-electron chi connectivity index (χ0n) is 12.2. The molecule has 0 aromatic carbocycles. The summed E-state index contributed by atoms with van der Waals surface area (Å²) >= 11 is 8.57. The molecule has 7 heteroatoms. The topological polar surface area (TPSA) is 50.7 Å². The predicted octanol–water partition coefficient (Wildman–Crippen LogP) is 4.11. The van der Waals surface area contributed by atoms with Gasteiger partial charge in [-0.25, -0.2) is 4.98 Å². The SMILES string of the molecule is Cc1cnc(C(C)n2c(=S)[nH]c3sc(C)c(C)c3c2=O)s1. The van der Waals surface area contributed by atoms with Gasteiger partial charge in [-0.3, -0.25) is 9.36 Å². The number of aromatic amines is 1. The van der Waals surface area contributed by atoms with Crippen molar-refractivity contribution in [3.05, 3.63) is 41.6 Å². The van der Waals surface area contributed by atoms with E-state index in [0.29, 0.717) is 4.77 Å². The fourth-order valence-electron chi connectivity index (χ4n) is 2.37. The Labute approximate surface area is 135 Å². The van der Waals surface area contributed by atoms with Crippen LogP contribution >= 0.6 is 34.9 Å². The summed E-state index contributed by atoms with van der Waals surface area (Å²) in [5, 5.41) is 1.64. The zero-order valence-corrected chi connectivity index (χ0v) is 14.6. The van der Waals surface area contributed by atoms with Crippen LogP contribution in [0.2, 0.25) is 0 Å². The first-order valence-corrected chi connectivity index (χ1v) is 8.61. The summed E-state index contributed by atoms with van der Waals surface area (Å²) in [6.45, 7) is 7.97. The maximum atomic E-state index is 12.9. The van der Waals surface area contributed by atoms with Crippen LogP contribution in [0, 0.1) is 25.5 Å². The minimum Gasteiger partial charge on any atom is -0.323 e. The first-order chi connectivity index (χ1) is 9.90. The van der Waals surface area contributed by atoms with E-state index in [1.165, 1.54) is 0 Å². The van der Waals surface area contributed by atoms with Crippen molar-refractivity contribution in [3.63, 3.8) is 0 Å². The van der Waals surface area contributed by atoms with E-state index in [-0.39, 0.29) is 11.6 Å². The normalized spacial score (nSPS) is 13.0. The summed E-state index contributed by atoms with van der Waals surface area (Å²) in [5.41, 5.74) is 0.999. The quantitative estimate of drug-likeness (QED) is 0.716. The third-order valence-electron chi connectivity index (χ3n) is 3.64. The zero-order chi connectivity index (χ0) is 15.3. The van der Waals surface area contributed by atoms with Crippen molar-refractivity contribution in [1.82, 2.24) is 14.5 Å². The van der Waals surface area contributed by atoms with E-state index in [0.717, 1.165) is 30.5 Å².